The van der Waals surface area contributed by atoms with E-state index in [1.807, 2.05) is 6.07 Å². The first-order valence-electron chi connectivity index (χ1n) is 6.31. The molecule has 0 aliphatic carbocycles. The maximum Gasteiger partial charge on any atom is 0.508 e. The van der Waals surface area contributed by atoms with E-state index < -0.39 is 25.8 Å². The molecule has 2 rings (SSSR count). The number of halogens is 1. The largest absolute Gasteiger partial charge is 0.508 e. The molecule has 2 N–H and O–H groups in total. The fraction of sp³-hybridized carbons (Fsp3) is 0.133. The van der Waals surface area contributed by atoms with Crippen LogP contribution in [0.5, 0.6) is 0 Å². The molecule has 2 aromatic rings. The van der Waals surface area contributed by atoms with Crippen LogP contribution in [0, 0.1) is 5.82 Å². The average molecular weight is 306 g/mol. The van der Waals surface area contributed by atoms with Gasteiger partial charge in [-0.2, -0.15) is 4.89 Å². The molecule has 2 atom stereocenters. The molecule has 0 aliphatic heterocycles. The van der Waals surface area contributed by atoms with Crippen LogP contribution in [-0.2, 0) is 4.57 Å². The zero-order valence-corrected chi connectivity index (χ0v) is 12.0. The fourth-order valence-electron chi connectivity index (χ4n) is 1.95. The molecule has 21 heavy (non-hydrogen) atoms. The van der Waals surface area contributed by atoms with Crippen LogP contribution in [0.3, 0.4) is 0 Å². The van der Waals surface area contributed by atoms with E-state index in [9.17, 15) is 13.8 Å². The van der Waals surface area contributed by atoms with Crippen LogP contribution in [0.25, 0.3) is 0 Å². The minimum absolute atomic E-state index is 0.0968. The molecule has 108 valence electrons. The van der Waals surface area contributed by atoms with Gasteiger partial charge >= 0.3 is 8.03 Å². The summed E-state index contributed by atoms with van der Waals surface area (Å²) in [6.07, 6.45) is -0.0968. The summed E-state index contributed by atoms with van der Waals surface area (Å²) >= 11 is 0. The summed E-state index contributed by atoms with van der Waals surface area (Å²) in [6.45, 7) is 0. The Morgan fingerprint density at radius 2 is 1.90 bits per heavy atom. The summed E-state index contributed by atoms with van der Waals surface area (Å²) in [7, 11) is -2.41. The molecule has 1 amide bonds. The van der Waals surface area contributed by atoms with E-state index in [-0.39, 0.29) is 11.7 Å². The first-order valence-corrected chi connectivity index (χ1v) is 7.71. The Labute approximate surface area is 122 Å². The molecule has 2 aromatic carbocycles. The summed E-state index contributed by atoms with van der Waals surface area (Å²) in [5.41, 5.74) is 0.892. The maximum atomic E-state index is 13.1. The van der Waals surface area contributed by atoms with Crippen LogP contribution >= 0.6 is 8.03 Å². The number of carbonyl (C=O) groups is 1. The number of carbonyl (C=O) groups excluding carboxylic acids is 1. The Morgan fingerprint density at radius 3 is 2.52 bits per heavy atom. The van der Waals surface area contributed by atoms with Gasteiger partial charge in [0.05, 0.1) is 0 Å². The molecule has 0 aromatic heterocycles. The number of nitrogens with one attached hydrogen (secondary N) is 1. The molecular formula is C15H14FNO3P+. The van der Waals surface area contributed by atoms with Gasteiger partial charge in [0.25, 0.3) is 5.91 Å². The molecule has 2 unspecified atom stereocenters. The summed E-state index contributed by atoms with van der Waals surface area (Å²) in [5, 5.41) is 2.66. The van der Waals surface area contributed by atoms with E-state index in [2.05, 4.69) is 5.32 Å². The lowest BCUT2D eigenvalue weighted by Crippen LogP contribution is -2.30. The first kappa shape index (κ1) is 15.3. The highest BCUT2D eigenvalue weighted by Gasteiger charge is 2.25. The minimum atomic E-state index is -2.41. The van der Waals surface area contributed by atoms with Gasteiger partial charge in [-0.3, -0.25) is 4.79 Å². The molecule has 0 bridgehead atoms. The van der Waals surface area contributed by atoms with E-state index in [0.717, 1.165) is 11.6 Å². The molecule has 0 aliphatic rings. The zero-order valence-electron chi connectivity index (χ0n) is 11.1. The average Bonchev–Trinajstić information content (AvgIpc) is 2.47. The van der Waals surface area contributed by atoms with Gasteiger partial charge in [-0.1, -0.05) is 36.4 Å². The lowest BCUT2D eigenvalue weighted by molar-refractivity contribution is 0.0940. The van der Waals surface area contributed by atoms with Crippen LogP contribution in [0.15, 0.2) is 54.6 Å². The topological polar surface area (TPSA) is 66.4 Å². The normalized spacial score (nSPS) is 12.6. The van der Waals surface area contributed by atoms with Crippen molar-refractivity contribution >= 4 is 13.9 Å². The SMILES string of the molecule is O=C(NC(C[P+](=O)O)c1ccccc1)c1cccc(F)c1. The van der Waals surface area contributed by atoms with Crippen molar-refractivity contribution in [1.29, 1.82) is 0 Å². The second-order valence-electron chi connectivity index (χ2n) is 4.48. The number of benzene rings is 2. The van der Waals surface area contributed by atoms with Crippen LogP contribution < -0.4 is 5.32 Å². The van der Waals surface area contributed by atoms with Crippen LogP contribution in [-0.4, -0.2) is 17.0 Å². The molecule has 0 heterocycles. The molecule has 0 fully saturated rings. The standard InChI is InChI=1S/C15H13FNO3P/c16-13-8-4-7-12(9-13)15(18)17-14(10-21(19)20)11-5-2-1-3-6-11/h1-9,14H,10H2,(H-,17,18,19,20)/p+1. The quantitative estimate of drug-likeness (QED) is 0.834. The summed E-state index contributed by atoms with van der Waals surface area (Å²) < 4.78 is 24.2. The third kappa shape index (κ3) is 4.45. The van der Waals surface area contributed by atoms with Crippen molar-refractivity contribution in [2.24, 2.45) is 0 Å². The van der Waals surface area contributed by atoms with Crippen molar-refractivity contribution in [2.75, 3.05) is 6.16 Å². The number of amides is 1. The Balaban J connectivity index is 2.19. The smallest absolute Gasteiger partial charge is 0.341 e. The third-order valence-corrected chi connectivity index (χ3v) is 3.61. The van der Waals surface area contributed by atoms with Gasteiger partial charge in [0.1, 0.15) is 11.9 Å². The van der Waals surface area contributed by atoms with Crippen molar-refractivity contribution < 1.29 is 18.6 Å². The van der Waals surface area contributed by atoms with E-state index in [1.54, 1.807) is 24.3 Å². The molecule has 0 spiro atoms. The Hall–Kier alpha value is -2.10. The zero-order chi connectivity index (χ0) is 15.2. The first-order chi connectivity index (χ1) is 10.1. The molecule has 4 nitrogen and oxygen atoms in total. The summed E-state index contributed by atoms with van der Waals surface area (Å²) in [5.74, 6) is -0.993. The van der Waals surface area contributed by atoms with Crippen LogP contribution in [0.2, 0.25) is 0 Å². The summed E-state index contributed by atoms with van der Waals surface area (Å²) in [4.78, 5) is 21.2. The summed E-state index contributed by atoms with van der Waals surface area (Å²) in [6, 6.07) is 13.6. The molecule has 6 heteroatoms. The number of rotatable bonds is 5. The van der Waals surface area contributed by atoms with Gasteiger partial charge in [0.15, 0.2) is 0 Å². The minimum Gasteiger partial charge on any atom is -0.341 e. The predicted molar refractivity (Wildman–Crippen MR) is 77.7 cm³/mol. The monoisotopic (exact) mass is 306 g/mol. The van der Waals surface area contributed by atoms with Crippen molar-refractivity contribution in [3.05, 3.63) is 71.5 Å². The van der Waals surface area contributed by atoms with Crippen molar-refractivity contribution in [3.63, 3.8) is 0 Å². The fourth-order valence-corrected chi connectivity index (χ4v) is 2.56. The van der Waals surface area contributed by atoms with E-state index in [0.29, 0.717) is 0 Å². The van der Waals surface area contributed by atoms with Gasteiger partial charge in [-0.15, -0.1) is 0 Å². The third-order valence-electron chi connectivity index (χ3n) is 2.93. The Morgan fingerprint density at radius 1 is 1.19 bits per heavy atom. The highest BCUT2D eigenvalue weighted by Crippen LogP contribution is 2.24. The Bertz CT molecular complexity index is 648. The number of hydrogen-bond acceptors (Lipinski definition) is 2. The highest BCUT2D eigenvalue weighted by atomic mass is 31.1. The van der Waals surface area contributed by atoms with E-state index in [1.165, 1.54) is 18.2 Å². The molecular weight excluding hydrogens is 292 g/mol. The van der Waals surface area contributed by atoms with E-state index >= 15 is 0 Å². The van der Waals surface area contributed by atoms with Gasteiger partial charge < -0.3 is 5.32 Å². The van der Waals surface area contributed by atoms with Crippen molar-refractivity contribution in [3.8, 4) is 0 Å². The van der Waals surface area contributed by atoms with Gasteiger partial charge in [-0.25, -0.2) is 4.39 Å². The van der Waals surface area contributed by atoms with Crippen molar-refractivity contribution in [1.82, 2.24) is 5.32 Å². The second kappa shape index (κ2) is 7.07. The lowest BCUT2D eigenvalue weighted by Gasteiger charge is -2.14. The Kier molecular flexibility index (Phi) is 5.14. The van der Waals surface area contributed by atoms with Crippen LogP contribution in [0.4, 0.5) is 4.39 Å². The maximum absolute atomic E-state index is 13.1. The van der Waals surface area contributed by atoms with E-state index in [4.69, 9.17) is 4.89 Å². The predicted octanol–water partition coefficient (Wildman–Crippen LogP) is 3.03. The highest BCUT2D eigenvalue weighted by molar-refractivity contribution is 7.38. The van der Waals surface area contributed by atoms with Gasteiger partial charge in [-0.05, 0) is 28.3 Å². The second-order valence-corrected chi connectivity index (χ2v) is 5.55. The van der Waals surface area contributed by atoms with Crippen LogP contribution in [0.1, 0.15) is 22.0 Å². The molecule has 0 saturated heterocycles. The van der Waals surface area contributed by atoms with Crippen molar-refractivity contribution in [2.45, 2.75) is 6.04 Å². The van der Waals surface area contributed by atoms with Gasteiger partial charge in [0.2, 0.25) is 6.16 Å². The lowest BCUT2D eigenvalue weighted by atomic mass is 10.1. The molecule has 0 saturated carbocycles. The van der Waals surface area contributed by atoms with Gasteiger partial charge in [0, 0.05) is 5.56 Å². The number of hydrogen-bond donors (Lipinski definition) is 2. The molecule has 0 radical (unpaired) electrons.